The maximum absolute atomic E-state index is 11.6. The molecule has 1 N–H and O–H groups in total. The van der Waals surface area contributed by atoms with Gasteiger partial charge in [0.2, 0.25) is 10.3 Å². The minimum Gasteiger partial charge on any atom is -0.553 e. The van der Waals surface area contributed by atoms with E-state index in [1.165, 1.54) is 0 Å². The average Bonchev–Trinajstić information content (AvgIpc) is 2.70. The van der Waals surface area contributed by atoms with E-state index in [-0.39, 0.29) is 27.0 Å². The molecule has 164 valence electrons. The molecule has 0 saturated carbocycles. The topological polar surface area (TPSA) is 121 Å². The van der Waals surface area contributed by atoms with Gasteiger partial charge in [0, 0.05) is 45.9 Å². The van der Waals surface area contributed by atoms with Crippen molar-refractivity contribution in [3.63, 3.8) is 0 Å². The Balaban J connectivity index is 0.000000633. The summed E-state index contributed by atoms with van der Waals surface area (Å²) < 4.78 is 31.4. The van der Waals surface area contributed by atoms with Crippen LogP contribution in [0.15, 0.2) is 79.3 Å². The fraction of sp³-hybridized carbons (Fsp3) is 0.150. The van der Waals surface area contributed by atoms with Gasteiger partial charge in [0.25, 0.3) is 5.97 Å². The maximum Gasteiger partial charge on any atom is 0.300 e. The zero-order valence-corrected chi connectivity index (χ0v) is 18.7. The summed E-state index contributed by atoms with van der Waals surface area (Å²) in [7, 11) is -3.92. The van der Waals surface area contributed by atoms with Gasteiger partial charge in [-0.05, 0) is 36.8 Å². The number of carboxylic acid groups (broad SMARTS) is 1. The Hall–Kier alpha value is -2.64. The number of carboxylic acids is 1. The largest absolute Gasteiger partial charge is 0.553 e. The second kappa shape index (κ2) is 15.2. The van der Waals surface area contributed by atoms with Crippen LogP contribution < -0.4 is 0 Å². The van der Waals surface area contributed by atoms with E-state index in [0.29, 0.717) is 16.9 Å². The molecule has 10 heteroatoms. The summed E-state index contributed by atoms with van der Waals surface area (Å²) in [4.78, 5) is 17.0. The van der Waals surface area contributed by atoms with Gasteiger partial charge in [-0.2, -0.15) is 0 Å². The van der Waals surface area contributed by atoms with Crippen LogP contribution in [-0.4, -0.2) is 36.1 Å². The molecular formula is C20H22N3O5PdS-. The van der Waals surface area contributed by atoms with Crippen LogP contribution in [0.3, 0.4) is 0 Å². The van der Waals surface area contributed by atoms with E-state index < -0.39 is 16.3 Å². The molecule has 0 unspecified atom stereocenters. The first-order chi connectivity index (χ1) is 13.9. The fourth-order valence-corrected chi connectivity index (χ4v) is 2.65. The molecular weight excluding hydrogens is 501 g/mol. The molecule has 1 aromatic carbocycles. The zero-order chi connectivity index (χ0) is 21.5. The van der Waals surface area contributed by atoms with Gasteiger partial charge in [0.15, 0.2) is 0 Å². The number of hydrogen-bond donors (Lipinski definition) is 1. The van der Waals surface area contributed by atoms with Gasteiger partial charge in [0.1, 0.15) is 0 Å². The van der Waals surface area contributed by atoms with Gasteiger partial charge in [-0.3, -0.25) is 18.9 Å². The van der Waals surface area contributed by atoms with Crippen LogP contribution >= 0.6 is 0 Å². The molecule has 0 atom stereocenters. The van der Waals surface area contributed by atoms with Crippen LogP contribution in [0.25, 0.3) is 16.0 Å². The molecule has 3 rings (SSSR count). The summed E-state index contributed by atoms with van der Waals surface area (Å²) >= 11 is 0. The molecule has 0 aliphatic rings. The number of benzene rings is 1. The first-order valence-electron chi connectivity index (χ1n) is 8.53. The molecule has 30 heavy (non-hydrogen) atoms. The third-order valence-corrected chi connectivity index (χ3v) is 3.84. The monoisotopic (exact) mass is 522 g/mol. The number of rotatable bonds is 5. The number of hydrogen-bond acceptors (Lipinski definition) is 6. The Bertz CT molecular complexity index is 928. The predicted molar refractivity (Wildman–Crippen MR) is 111 cm³/mol. The molecule has 8 nitrogen and oxygen atoms in total. The average molecular weight is 523 g/mol. The van der Waals surface area contributed by atoms with Crippen molar-refractivity contribution in [1.29, 1.82) is 0 Å². The second-order valence-corrected chi connectivity index (χ2v) is 6.47. The summed E-state index contributed by atoms with van der Waals surface area (Å²) in [6.45, 7) is 2.73. The molecule has 0 aliphatic carbocycles. The Kier molecular flexibility index (Phi) is 13.9. The smallest absolute Gasteiger partial charge is 0.300 e. The van der Waals surface area contributed by atoms with Crippen molar-refractivity contribution in [3.05, 3.63) is 84.0 Å². The third-order valence-electron chi connectivity index (χ3n) is 2.89. The van der Waals surface area contributed by atoms with Crippen LogP contribution in [0.5, 0.6) is 0 Å². The Morgan fingerprint density at radius 2 is 1.57 bits per heavy atom. The van der Waals surface area contributed by atoms with Crippen LogP contribution in [-0.2, 0) is 39.7 Å². The van der Waals surface area contributed by atoms with Crippen molar-refractivity contribution >= 4 is 22.0 Å². The predicted octanol–water partition coefficient (Wildman–Crippen LogP) is 4.21. The maximum atomic E-state index is 11.6. The van der Waals surface area contributed by atoms with Crippen LogP contribution in [0.1, 0.15) is 13.8 Å². The molecule has 0 spiro atoms. The van der Waals surface area contributed by atoms with E-state index in [1.54, 1.807) is 61.9 Å². The van der Waals surface area contributed by atoms with E-state index in [1.807, 2.05) is 24.3 Å². The normalized spacial score (nSPS) is 9.53. The standard InChI is InChI=1S/C13H13N2O3S.C5H5N.C2H4O2.Pd/c1-2-18-19(16,17)15-13-9-4-3-7-11(13)12-8-5-6-10-14-12;1-2-4-6-5-3-1;1-2(3)4;/h3-10H,2H2,1H3;1-5H;1H3,(H,3,4);/q-1;;;. The summed E-state index contributed by atoms with van der Waals surface area (Å²) in [5, 5.41) is 7.42. The number of carbonyl (C=O) groups is 1. The van der Waals surface area contributed by atoms with Gasteiger partial charge in [0.05, 0.1) is 12.3 Å². The van der Waals surface area contributed by atoms with Gasteiger partial charge in [-0.1, -0.05) is 36.4 Å². The summed E-state index contributed by atoms with van der Waals surface area (Å²) in [5.74, 6) is -0.833. The third kappa shape index (κ3) is 12.0. The quantitative estimate of drug-likeness (QED) is 0.498. The number of aliphatic carboxylic acids is 1. The first-order valence-corrected chi connectivity index (χ1v) is 9.89. The van der Waals surface area contributed by atoms with Gasteiger partial charge < -0.3 is 9.83 Å². The number of nitrogens with zero attached hydrogens (tertiary/aromatic N) is 3. The summed E-state index contributed by atoms with van der Waals surface area (Å²) in [5.41, 5.74) is 1.62. The van der Waals surface area contributed by atoms with Crippen LogP contribution in [0.2, 0.25) is 0 Å². The van der Waals surface area contributed by atoms with Crippen molar-refractivity contribution in [3.8, 4) is 11.3 Å². The van der Waals surface area contributed by atoms with Crippen molar-refractivity contribution in [2.75, 3.05) is 6.61 Å². The Morgan fingerprint density at radius 3 is 2.03 bits per heavy atom. The Morgan fingerprint density at radius 1 is 1.00 bits per heavy atom. The van der Waals surface area contributed by atoms with E-state index in [2.05, 4.69) is 18.9 Å². The zero-order valence-electron chi connectivity index (χ0n) is 16.4. The molecule has 0 aliphatic heterocycles. The molecule has 0 bridgehead atoms. The van der Waals surface area contributed by atoms with Crippen molar-refractivity contribution in [1.82, 2.24) is 9.97 Å². The van der Waals surface area contributed by atoms with E-state index in [9.17, 15) is 8.42 Å². The fourth-order valence-electron chi connectivity index (χ4n) is 1.90. The van der Waals surface area contributed by atoms with Gasteiger partial charge in [-0.15, -0.1) is 5.69 Å². The Labute approximate surface area is 190 Å². The molecule has 2 aromatic heterocycles. The summed E-state index contributed by atoms with van der Waals surface area (Å²) in [6.07, 6.45) is 5.14. The molecule has 0 saturated heterocycles. The number of pyridine rings is 2. The SMILES string of the molecule is CC(=O)O.CCOS(=O)(=O)[N-]c1ccccc1-c1ccccn1.[Pd].c1ccncc1. The number of aromatic nitrogens is 2. The van der Waals surface area contributed by atoms with Crippen molar-refractivity contribution in [2.24, 2.45) is 0 Å². The molecule has 0 fully saturated rings. The molecule has 0 radical (unpaired) electrons. The van der Waals surface area contributed by atoms with Gasteiger partial charge in [-0.25, -0.2) is 8.42 Å². The minimum absolute atomic E-state index is 0. The van der Waals surface area contributed by atoms with Crippen molar-refractivity contribution in [2.45, 2.75) is 13.8 Å². The first kappa shape index (κ1) is 27.4. The molecule has 2 heterocycles. The second-order valence-electron chi connectivity index (χ2n) is 5.20. The van der Waals surface area contributed by atoms with E-state index in [0.717, 1.165) is 6.92 Å². The van der Waals surface area contributed by atoms with Crippen LogP contribution in [0.4, 0.5) is 5.69 Å². The van der Waals surface area contributed by atoms with Gasteiger partial charge >= 0.3 is 0 Å². The molecule has 0 amide bonds. The summed E-state index contributed by atoms with van der Waals surface area (Å²) in [6, 6.07) is 18.0. The van der Waals surface area contributed by atoms with Crippen LogP contribution in [0, 0.1) is 0 Å². The van der Waals surface area contributed by atoms with E-state index >= 15 is 0 Å². The molecule has 3 aromatic rings. The van der Waals surface area contributed by atoms with Crippen molar-refractivity contribution < 1.29 is 42.9 Å². The van der Waals surface area contributed by atoms with E-state index in [4.69, 9.17) is 9.90 Å². The minimum atomic E-state index is -3.92.